The first-order valence-electron chi connectivity index (χ1n) is 5.08. The third-order valence-electron chi connectivity index (χ3n) is 2.79. The molecule has 0 bridgehead atoms. The molecule has 16 heavy (non-hydrogen) atoms. The van der Waals surface area contributed by atoms with E-state index < -0.39 is 0 Å². The Morgan fingerprint density at radius 1 is 1.25 bits per heavy atom. The lowest BCUT2D eigenvalue weighted by Gasteiger charge is -1.96. The molecule has 0 aliphatic rings. The van der Waals surface area contributed by atoms with Gasteiger partial charge < -0.3 is 4.98 Å². The Morgan fingerprint density at radius 3 is 2.88 bits per heavy atom. The largest absolute Gasteiger partial charge is 0.353 e. The molecule has 0 saturated carbocycles. The Balaban J connectivity index is 2.57. The van der Waals surface area contributed by atoms with Crippen molar-refractivity contribution in [2.45, 2.75) is 6.92 Å². The van der Waals surface area contributed by atoms with Gasteiger partial charge in [0.25, 0.3) is 0 Å². The van der Waals surface area contributed by atoms with Gasteiger partial charge in [-0.3, -0.25) is 0 Å². The zero-order chi connectivity index (χ0) is 11.1. The maximum Gasteiger partial charge on any atom is 0.141 e. The van der Waals surface area contributed by atoms with E-state index in [0.29, 0.717) is 5.69 Å². The lowest BCUT2D eigenvalue weighted by Crippen LogP contribution is -1.87. The van der Waals surface area contributed by atoms with E-state index in [2.05, 4.69) is 22.1 Å². The molecule has 3 rings (SSSR count). The third-order valence-corrected chi connectivity index (χ3v) is 2.79. The van der Waals surface area contributed by atoms with Crippen LogP contribution in [0.2, 0.25) is 0 Å². The van der Waals surface area contributed by atoms with Crippen LogP contribution < -0.4 is 0 Å². The molecule has 2 heterocycles. The fourth-order valence-electron chi connectivity index (χ4n) is 2.06. The van der Waals surface area contributed by atoms with Gasteiger partial charge >= 0.3 is 0 Å². The van der Waals surface area contributed by atoms with Crippen molar-refractivity contribution in [3.8, 4) is 6.07 Å². The van der Waals surface area contributed by atoms with E-state index in [4.69, 9.17) is 5.26 Å². The predicted octanol–water partition coefficient (Wildman–Crippen LogP) is 2.90. The van der Waals surface area contributed by atoms with Crippen molar-refractivity contribution in [2.24, 2.45) is 0 Å². The summed E-state index contributed by atoms with van der Waals surface area (Å²) in [7, 11) is 0. The summed E-state index contributed by atoms with van der Waals surface area (Å²) in [6.07, 6.45) is 0. The molecule has 3 heteroatoms. The summed E-state index contributed by atoms with van der Waals surface area (Å²) in [5, 5.41) is 11.1. The Labute approximate surface area is 92.3 Å². The van der Waals surface area contributed by atoms with Crippen molar-refractivity contribution in [2.75, 3.05) is 0 Å². The van der Waals surface area contributed by atoms with E-state index in [1.54, 1.807) is 0 Å². The van der Waals surface area contributed by atoms with Gasteiger partial charge in [0, 0.05) is 16.3 Å². The van der Waals surface area contributed by atoms with Crippen LogP contribution in [0.25, 0.3) is 21.8 Å². The quantitative estimate of drug-likeness (QED) is 0.616. The minimum Gasteiger partial charge on any atom is -0.353 e. The topological polar surface area (TPSA) is 52.5 Å². The van der Waals surface area contributed by atoms with Crippen LogP contribution in [0.1, 0.15) is 11.4 Å². The second kappa shape index (κ2) is 3.07. The maximum atomic E-state index is 8.91. The zero-order valence-electron chi connectivity index (χ0n) is 8.78. The summed E-state index contributed by atoms with van der Waals surface area (Å²) in [6.45, 7) is 1.92. The van der Waals surface area contributed by atoms with E-state index in [-0.39, 0.29) is 0 Å². The van der Waals surface area contributed by atoms with Gasteiger partial charge in [0.15, 0.2) is 0 Å². The average Bonchev–Trinajstić information content (AvgIpc) is 2.68. The van der Waals surface area contributed by atoms with Crippen LogP contribution in [0.4, 0.5) is 0 Å². The Morgan fingerprint density at radius 2 is 2.06 bits per heavy atom. The van der Waals surface area contributed by atoms with Crippen LogP contribution in [0.3, 0.4) is 0 Å². The molecule has 0 radical (unpaired) electrons. The van der Waals surface area contributed by atoms with Crippen LogP contribution >= 0.6 is 0 Å². The van der Waals surface area contributed by atoms with Gasteiger partial charge in [0.2, 0.25) is 0 Å². The lowest BCUT2D eigenvalue weighted by molar-refractivity contribution is 1.19. The minimum atomic E-state index is 0.467. The van der Waals surface area contributed by atoms with Crippen LogP contribution in [-0.2, 0) is 0 Å². The second-order valence-electron chi connectivity index (χ2n) is 3.80. The number of para-hydroxylation sites is 1. The molecule has 0 fully saturated rings. The van der Waals surface area contributed by atoms with Crippen LogP contribution in [-0.4, -0.2) is 9.97 Å². The highest BCUT2D eigenvalue weighted by Crippen LogP contribution is 2.26. The van der Waals surface area contributed by atoms with Gasteiger partial charge in [-0.15, -0.1) is 0 Å². The van der Waals surface area contributed by atoms with Crippen molar-refractivity contribution in [3.05, 3.63) is 41.7 Å². The van der Waals surface area contributed by atoms with Crippen LogP contribution in [0, 0.1) is 18.3 Å². The minimum absolute atomic E-state index is 0.467. The first kappa shape index (κ1) is 8.93. The molecule has 0 aliphatic carbocycles. The standard InChI is InChI=1S/C13H9N3/c1-8-13-11(6-9(7-14)15-8)10-4-2-3-5-12(10)16-13/h2-6,16H,1H3. The first-order chi connectivity index (χ1) is 7.79. The summed E-state index contributed by atoms with van der Waals surface area (Å²) in [5.41, 5.74) is 3.43. The van der Waals surface area contributed by atoms with Gasteiger partial charge in [0.1, 0.15) is 11.8 Å². The molecule has 0 spiro atoms. The summed E-state index contributed by atoms with van der Waals surface area (Å²) in [6, 6.07) is 12.0. The summed E-state index contributed by atoms with van der Waals surface area (Å²) >= 11 is 0. The van der Waals surface area contributed by atoms with Gasteiger partial charge in [-0.2, -0.15) is 5.26 Å². The van der Waals surface area contributed by atoms with Gasteiger partial charge in [-0.25, -0.2) is 4.98 Å². The van der Waals surface area contributed by atoms with Crippen molar-refractivity contribution in [3.63, 3.8) is 0 Å². The van der Waals surface area contributed by atoms with E-state index in [9.17, 15) is 0 Å². The number of hydrogen-bond acceptors (Lipinski definition) is 2. The molecule has 0 atom stereocenters. The fraction of sp³-hybridized carbons (Fsp3) is 0.0769. The fourth-order valence-corrected chi connectivity index (χ4v) is 2.06. The number of pyridine rings is 1. The third kappa shape index (κ3) is 1.10. The molecule has 76 valence electrons. The van der Waals surface area contributed by atoms with E-state index in [1.165, 1.54) is 0 Å². The number of aryl methyl sites for hydroxylation is 1. The normalized spacial score (nSPS) is 10.8. The SMILES string of the molecule is Cc1nc(C#N)cc2c1[nH]c1ccccc12. The Bertz CT molecular complexity index is 732. The van der Waals surface area contributed by atoms with E-state index >= 15 is 0 Å². The number of nitriles is 1. The van der Waals surface area contributed by atoms with Gasteiger partial charge in [-0.1, -0.05) is 18.2 Å². The zero-order valence-corrected chi connectivity index (χ0v) is 8.78. The highest BCUT2D eigenvalue weighted by molar-refractivity contribution is 6.08. The number of aromatic nitrogens is 2. The van der Waals surface area contributed by atoms with Crippen LogP contribution in [0.15, 0.2) is 30.3 Å². The number of aromatic amines is 1. The number of nitrogens with zero attached hydrogens (tertiary/aromatic N) is 2. The number of H-pyrrole nitrogens is 1. The number of nitrogens with one attached hydrogen (secondary N) is 1. The second-order valence-corrected chi connectivity index (χ2v) is 3.80. The molecule has 2 aromatic heterocycles. The first-order valence-corrected chi connectivity index (χ1v) is 5.08. The van der Waals surface area contributed by atoms with Crippen molar-refractivity contribution < 1.29 is 0 Å². The van der Waals surface area contributed by atoms with E-state index in [1.807, 2.05) is 31.2 Å². The highest BCUT2D eigenvalue weighted by atomic mass is 14.8. The smallest absolute Gasteiger partial charge is 0.141 e. The molecule has 0 saturated heterocycles. The van der Waals surface area contributed by atoms with Crippen LogP contribution in [0.5, 0.6) is 0 Å². The number of benzene rings is 1. The predicted molar refractivity (Wildman–Crippen MR) is 63.1 cm³/mol. The Hall–Kier alpha value is -2.34. The number of hydrogen-bond donors (Lipinski definition) is 1. The van der Waals surface area contributed by atoms with Crippen molar-refractivity contribution >= 4 is 21.8 Å². The summed E-state index contributed by atoms with van der Waals surface area (Å²) in [4.78, 5) is 7.55. The molecule has 1 N–H and O–H groups in total. The lowest BCUT2D eigenvalue weighted by atomic mass is 10.1. The van der Waals surface area contributed by atoms with E-state index in [0.717, 1.165) is 27.5 Å². The number of rotatable bonds is 0. The molecule has 0 unspecified atom stereocenters. The molecule has 0 aliphatic heterocycles. The monoisotopic (exact) mass is 207 g/mol. The van der Waals surface area contributed by atoms with Crippen molar-refractivity contribution in [1.29, 1.82) is 5.26 Å². The Kier molecular flexibility index (Phi) is 1.72. The molecule has 0 amide bonds. The summed E-state index contributed by atoms with van der Waals surface area (Å²) < 4.78 is 0. The van der Waals surface area contributed by atoms with Gasteiger partial charge in [0.05, 0.1) is 11.2 Å². The maximum absolute atomic E-state index is 8.91. The molecule has 3 nitrogen and oxygen atoms in total. The van der Waals surface area contributed by atoms with Crippen molar-refractivity contribution in [1.82, 2.24) is 9.97 Å². The molecule has 3 aromatic rings. The summed E-state index contributed by atoms with van der Waals surface area (Å²) in [5.74, 6) is 0. The molecule has 1 aromatic carbocycles. The highest BCUT2D eigenvalue weighted by Gasteiger charge is 2.08. The molecular formula is C13H9N3. The average molecular weight is 207 g/mol. The number of fused-ring (bicyclic) bond motifs is 3. The van der Waals surface area contributed by atoms with Gasteiger partial charge in [-0.05, 0) is 19.1 Å². The molecular weight excluding hydrogens is 198 g/mol.